The lowest BCUT2D eigenvalue weighted by Crippen LogP contribution is -2.05. The first kappa shape index (κ1) is 15.0. The van der Waals surface area contributed by atoms with Gasteiger partial charge in [-0.05, 0) is 36.4 Å². The molecule has 2 N–H and O–H groups in total. The second kappa shape index (κ2) is 5.83. The molecular formula is C18H14ClFN2O2. The molecule has 1 amide bonds. The van der Waals surface area contributed by atoms with Gasteiger partial charge in [0.2, 0.25) is 0 Å². The van der Waals surface area contributed by atoms with Gasteiger partial charge in [0.05, 0.1) is 5.57 Å². The molecule has 0 radical (unpaired) electrons. The van der Waals surface area contributed by atoms with Crippen LogP contribution in [0.15, 0.2) is 36.4 Å². The zero-order valence-electron chi connectivity index (χ0n) is 12.7. The summed E-state index contributed by atoms with van der Waals surface area (Å²) in [4.78, 5) is 12.3. The van der Waals surface area contributed by atoms with Gasteiger partial charge in [-0.3, -0.25) is 4.79 Å². The van der Waals surface area contributed by atoms with Crippen LogP contribution in [0, 0.1) is 5.82 Å². The van der Waals surface area contributed by atoms with E-state index in [2.05, 4.69) is 10.6 Å². The quantitative estimate of drug-likeness (QED) is 0.657. The highest BCUT2D eigenvalue weighted by molar-refractivity contribution is 6.36. The van der Waals surface area contributed by atoms with Gasteiger partial charge in [0.1, 0.15) is 18.2 Å². The predicted octanol–water partition coefficient (Wildman–Crippen LogP) is 3.83. The number of carbonyl (C=O) groups is 1. The number of halogens is 2. The average molecular weight is 345 g/mol. The van der Waals surface area contributed by atoms with Crippen LogP contribution in [0.5, 0.6) is 0 Å². The van der Waals surface area contributed by atoms with Crippen LogP contribution in [0.2, 0.25) is 0 Å². The van der Waals surface area contributed by atoms with Gasteiger partial charge < -0.3 is 15.4 Å². The van der Waals surface area contributed by atoms with Crippen molar-refractivity contribution in [2.75, 3.05) is 23.1 Å². The van der Waals surface area contributed by atoms with Crippen molar-refractivity contribution in [1.82, 2.24) is 0 Å². The standard InChI is InChI=1S/C18H14ClFN2O2/c19-5-6-21-12-2-3-13-10(7-12)9-24-17(13)16-14-8-11(20)1-4-15(14)22-18(16)23/h1-4,7-8,21H,5-6,9H2,(H,22,23)/b17-16+. The van der Waals surface area contributed by atoms with Gasteiger partial charge in [0.15, 0.2) is 0 Å². The van der Waals surface area contributed by atoms with Crippen molar-refractivity contribution in [1.29, 1.82) is 0 Å². The SMILES string of the molecule is O=C1Nc2ccc(F)cc2/C1=C1\OCc2cc(NCCCl)ccc21. The summed E-state index contributed by atoms with van der Waals surface area (Å²) < 4.78 is 19.4. The van der Waals surface area contributed by atoms with Crippen LogP contribution < -0.4 is 10.6 Å². The largest absolute Gasteiger partial charge is 0.487 e. The van der Waals surface area contributed by atoms with Crippen LogP contribution in [0.25, 0.3) is 11.3 Å². The van der Waals surface area contributed by atoms with Gasteiger partial charge in [0.25, 0.3) is 5.91 Å². The molecule has 0 saturated heterocycles. The number of anilines is 2. The van der Waals surface area contributed by atoms with E-state index in [0.717, 1.165) is 16.8 Å². The highest BCUT2D eigenvalue weighted by Crippen LogP contribution is 2.42. The first-order valence-electron chi connectivity index (χ1n) is 7.59. The maximum atomic E-state index is 13.6. The van der Waals surface area contributed by atoms with E-state index in [1.165, 1.54) is 12.1 Å². The predicted molar refractivity (Wildman–Crippen MR) is 92.3 cm³/mol. The molecular weight excluding hydrogens is 331 g/mol. The van der Waals surface area contributed by atoms with Gasteiger partial charge in [-0.15, -0.1) is 11.6 Å². The summed E-state index contributed by atoms with van der Waals surface area (Å²) in [6.45, 7) is 1.05. The molecule has 0 unspecified atom stereocenters. The molecule has 122 valence electrons. The van der Waals surface area contributed by atoms with Crippen molar-refractivity contribution in [2.45, 2.75) is 6.61 Å². The summed E-state index contributed by atoms with van der Waals surface area (Å²) in [5.41, 5.74) is 4.30. The lowest BCUT2D eigenvalue weighted by atomic mass is 10.00. The van der Waals surface area contributed by atoms with Crippen molar-refractivity contribution in [3.05, 3.63) is 58.9 Å². The number of carbonyl (C=O) groups excluding carboxylic acids is 1. The van der Waals surface area contributed by atoms with Crippen LogP contribution in [-0.2, 0) is 16.1 Å². The topological polar surface area (TPSA) is 50.4 Å². The fraction of sp³-hybridized carbons (Fsp3) is 0.167. The number of rotatable bonds is 3. The Bertz CT molecular complexity index is 879. The van der Waals surface area contributed by atoms with Crippen LogP contribution in [0.4, 0.5) is 15.8 Å². The number of ether oxygens (including phenoxy) is 1. The normalized spacial score (nSPS) is 18.0. The van der Waals surface area contributed by atoms with E-state index in [4.69, 9.17) is 16.3 Å². The Labute approximate surface area is 143 Å². The van der Waals surface area contributed by atoms with Crippen molar-refractivity contribution in [2.24, 2.45) is 0 Å². The van der Waals surface area contributed by atoms with Crippen LogP contribution >= 0.6 is 11.6 Å². The van der Waals surface area contributed by atoms with Crippen LogP contribution in [0.1, 0.15) is 16.7 Å². The lowest BCUT2D eigenvalue weighted by Gasteiger charge is -2.07. The van der Waals surface area contributed by atoms with Gasteiger partial charge in [-0.1, -0.05) is 0 Å². The molecule has 0 aromatic heterocycles. The molecule has 2 aliphatic rings. The Morgan fingerprint density at radius 3 is 2.92 bits per heavy atom. The fourth-order valence-corrected chi connectivity index (χ4v) is 3.13. The summed E-state index contributed by atoms with van der Waals surface area (Å²) in [5.74, 6) is 0.353. The fourth-order valence-electron chi connectivity index (χ4n) is 3.04. The van der Waals surface area contributed by atoms with Crippen LogP contribution in [0.3, 0.4) is 0 Å². The van der Waals surface area contributed by atoms with Crippen molar-refractivity contribution in [3.63, 3.8) is 0 Å². The number of benzene rings is 2. The van der Waals surface area contributed by atoms with Gasteiger partial charge >= 0.3 is 0 Å². The number of amides is 1. The molecule has 2 heterocycles. The minimum atomic E-state index is -0.387. The Morgan fingerprint density at radius 1 is 1.21 bits per heavy atom. The molecule has 4 nitrogen and oxygen atoms in total. The molecule has 0 spiro atoms. The summed E-state index contributed by atoms with van der Waals surface area (Å²) in [6, 6.07) is 10.0. The van der Waals surface area contributed by atoms with Gasteiger partial charge in [-0.2, -0.15) is 0 Å². The number of alkyl halides is 1. The zero-order chi connectivity index (χ0) is 16.7. The van der Waals surface area contributed by atoms with E-state index in [1.54, 1.807) is 6.07 Å². The minimum Gasteiger partial charge on any atom is -0.487 e. The maximum absolute atomic E-state index is 13.6. The first-order valence-corrected chi connectivity index (χ1v) is 8.12. The summed E-state index contributed by atoms with van der Waals surface area (Å²) >= 11 is 5.68. The zero-order valence-corrected chi connectivity index (χ0v) is 13.4. The van der Waals surface area contributed by atoms with E-state index >= 15 is 0 Å². The molecule has 2 aliphatic heterocycles. The molecule has 4 rings (SSSR count). The van der Waals surface area contributed by atoms with Crippen molar-refractivity contribution >= 4 is 40.2 Å². The van der Waals surface area contributed by atoms with Crippen molar-refractivity contribution < 1.29 is 13.9 Å². The maximum Gasteiger partial charge on any atom is 0.260 e. The number of nitrogens with one attached hydrogen (secondary N) is 2. The molecule has 0 saturated carbocycles. The Kier molecular flexibility index (Phi) is 3.65. The summed E-state index contributed by atoms with van der Waals surface area (Å²) in [5, 5.41) is 5.96. The van der Waals surface area contributed by atoms with Crippen LogP contribution in [-0.4, -0.2) is 18.3 Å². The Hall–Kier alpha value is -2.53. The van der Waals surface area contributed by atoms with Crippen molar-refractivity contribution in [3.8, 4) is 0 Å². The van der Waals surface area contributed by atoms with E-state index in [1.807, 2.05) is 18.2 Å². The smallest absolute Gasteiger partial charge is 0.260 e. The Balaban J connectivity index is 1.79. The van der Waals surface area contributed by atoms with Gasteiger partial charge in [0, 0.05) is 40.5 Å². The molecule has 0 atom stereocenters. The Morgan fingerprint density at radius 2 is 2.08 bits per heavy atom. The third kappa shape index (κ3) is 2.41. The third-order valence-electron chi connectivity index (χ3n) is 4.10. The summed E-state index contributed by atoms with van der Waals surface area (Å²) in [6.07, 6.45) is 0. The summed E-state index contributed by atoms with van der Waals surface area (Å²) in [7, 11) is 0. The molecule has 6 heteroatoms. The molecule has 0 aliphatic carbocycles. The molecule has 0 bridgehead atoms. The first-order chi connectivity index (χ1) is 11.7. The molecule has 2 aromatic rings. The highest BCUT2D eigenvalue weighted by Gasteiger charge is 2.32. The lowest BCUT2D eigenvalue weighted by molar-refractivity contribution is -0.110. The van der Waals surface area contributed by atoms with E-state index in [-0.39, 0.29) is 11.7 Å². The number of fused-ring (bicyclic) bond motifs is 2. The number of hydrogen-bond donors (Lipinski definition) is 2. The minimum absolute atomic E-state index is 0.275. The second-order valence-corrected chi connectivity index (χ2v) is 6.00. The molecule has 2 aromatic carbocycles. The monoisotopic (exact) mass is 344 g/mol. The number of hydrogen-bond acceptors (Lipinski definition) is 3. The second-order valence-electron chi connectivity index (χ2n) is 5.62. The molecule has 24 heavy (non-hydrogen) atoms. The third-order valence-corrected chi connectivity index (χ3v) is 4.29. The molecule has 0 fully saturated rings. The highest BCUT2D eigenvalue weighted by atomic mass is 35.5. The van der Waals surface area contributed by atoms with Gasteiger partial charge in [-0.25, -0.2) is 4.39 Å². The van der Waals surface area contributed by atoms with E-state index < -0.39 is 0 Å². The van der Waals surface area contributed by atoms with E-state index in [9.17, 15) is 9.18 Å². The average Bonchev–Trinajstić information content (AvgIpc) is 3.12. The van der Waals surface area contributed by atoms with E-state index in [0.29, 0.717) is 41.6 Å².